The highest BCUT2D eigenvalue weighted by Crippen LogP contribution is 2.35. The van der Waals surface area contributed by atoms with Crippen LogP contribution in [0.1, 0.15) is 0 Å². The maximum Gasteiger partial charge on any atom is 0.164 e. The normalized spacial score (nSPS) is 11.3. The summed E-state index contributed by atoms with van der Waals surface area (Å²) in [5, 5.41) is 2.54. The van der Waals surface area contributed by atoms with Gasteiger partial charge in [-0.2, -0.15) is 0 Å². The van der Waals surface area contributed by atoms with Crippen LogP contribution in [0.15, 0.2) is 231 Å². The summed E-state index contributed by atoms with van der Waals surface area (Å²) in [5.41, 5.74) is 15.8. The Bertz CT molecular complexity index is 3200. The molecule has 4 heteroatoms. The second kappa shape index (κ2) is 15.5. The molecule has 0 fully saturated rings. The van der Waals surface area contributed by atoms with E-state index in [0.29, 0.717) is 17.5 Å². The van der Waals surface area contributed by atoms with Crippen molar-refractivity contribution in [1.82, 2.24) is 19.5 Å². The van der Waals surface area contributed by atoms with E-state index in [-0.39, 0.29) is 0 Å². The maximum atomic E-state index is 4.91. The summed E-state index contributed by atoms with van der Waals surface area (Å²) in [7, 11) is 0. The quantitative estimate of drug-likeness (QED) is 0.154. The van der Waals surface area contributed by atoms with Gasteiger partial charge in [-0.05, 0) is 80.9 Å². The molecule has 0 aliphatic heterocycles. The van der Waals surface area contributed by atoms with Gasteiger partial charge in [-0.25, -0.2) is 15.0 Å². The molecule has 2 heterocycles. The predicted molar refractivity (Wildman–Crippen MR) is 252 cm³/mol. The first-order valence-corrected chi connectivity index (χ1v) is 20.6. The molecule has 0 aliphatic carbocycles. The Morgan fingerprint density at radius 1 is 0.230 bits per heavy atom. The highest BCUT2D eigenvalue weighted by molar-refractivity contribution is 6.09. The number of para-hydroxylation sites is 2. The van der Waals surface area contributed by atoms with E-state index in [9.17, 15) is 0 Å². The lowest BCUT2D eigenvalue weighted by atomic mass is 9.95. The Hall–Kier alpha value is -8.21. The Labute approximate surface area is 354 Å². The van der Waals surface area contributed by atoms with Crippen molar-refractivity contribution in [2.45, 2.75) is 0 Å². The third-order valence-electron chi connectivity index (χ3n) is 11.5. The summed E-state index contributed by atoms with van der Waals surface area (Å²) in [6, 6.07) is 81.3. The molecule has 4 nitrogen and oxygen atoms in total. The van der Waals surface area contributed by atoms with Gasteiger partial charge in [0.2, 0.25) is 0 Å². The van der Waals surface area contributed by atoms with Crippen LogP contribution in [-0.4, -0.2) is 19.5 Å². The largest absolute Gasteiger partial charge is 0.309 e. The zero-order chi connectivity index (χ0) is 40.5. The summed E-state index contributed by atoms with van der Waals surface area (Å²) in [6.07, 6.45) is 0. The van der Waals surface area contributed by atoms with E-state index in [1.807, 2.05) is 60.7 Å². The van der Waals surface area contributed by atoms with Gasteiger partial charge in [0, 0.05) is 33.2 Å². The summed E-state index contributed by atoms with van der Waals surface area (Å²) in [5.74, 6) is 1.95. The van der Waals surface area contributed by atoms with E-state index in [4.69, 9.17) is 15.0 Å². The van der Waals surface area contributed by atoms with Gasteiger partial charge >= 0.3 is 0 Å². The maximum absolute atomic E-state index is 4.91. The van der Waals surface area contributed by atoms with Crippen molar-refractivity contribution in [3.8, 4) is 84.4 Å². The van der Waals surface area contributed by atoms with E-state index < -0.39 is 0 Å². The van der Waals surface area contributed by atoms with Gasteiger partial charge in [-0.15, -0.1) is 0 Å². The van der Waals surface area contributed by atoms with Crippen molar-refractivity contribution in [3.05, 3.63) is 231 Å². The molecule has 0 N–H and O–H groups in total. The first-order valence-electron chi connectivity index (χ1n) is 20.6. The molecule has 286 valence electrons. The van der Waals surface area contributed by atoms with Crippen LogP contribution in [-0.2, 0) is 0 Å². The summed E-state index contributed by atoms with van der Waals surface area (Å²) >= 11 is 0. The monoisotopic (exact) mass is 778 g/mol. The zero-order valence-electron chi connectivity index (χ0n) is 33.2. The minimum Gasteiger partial charge on any atom is -0.309 e. The molecule has 0 bridgehead atoms. The van der Waals surface area contributed by atoms with Gasteiger partial charge in [0.25, 0.3) is 0 Å². The van der Waals surface area contributed by atoms with E-state index in [2.05, 4.69) is 174 Å². The highest BCUT2D eigenvalue weighted by Gasteiger charge is 2.14. The molecular formula is C57H38N4. The van der Waals surface area contributed by atoms with Crippen LogP contribution >= 0.6 is 0 Å². The van der Waals surface area contributed by atoms with Crippen molar-refractivity contribution in [3.63, 3.8) is 0 Å². The Morgan fingerprint density at radius 2 is 0.525 bits per heavy atom. The third kappa shape index (κ3) is 6.96. The van der Waals surface area contributed by atoms with Crippen LogP contribution in [0, 0.1) is 0 Å². The lowest BCUT2D eigenvalue weighted by molar-refractivity contribution is 1.07. The average molecular weight is 779 g/mol. The molecule has 0 unspecified atom stereocenters. The molecule has 61 heavy (non-hydrogen) atoms. The van der Waals surface area contributed by atoms with Crippen LogP contribution in [0.4, 0.5) is 0 Å². The second-order valence-electron chi connectivity index (χ2n) is 15.3. The number of aromatic nitrogens is 4. The second-order valence-corrected chi connectivity index (χ2v) is 15.3. The van der Waals surface area contributed by atoms with Crippen LogP contribution in [0.25, 0.3) is 106 Å². The smallest absolute Gasteiger partial charge is 0.164 e. The van der Waals surface area contributed by atoms with Crippen molar-refractivity contribution in [1.29, 1.82) is 0 Å². The van der Waals surface area contributed by atoms with E-state index in [0.717, 1.165) is 33.5 Å². The third-order valence-corrected chi connectivity index (χ3v) is 11.5. The number of hydrogen-bond donors (Lipinski definition) is 0. The van der Waals surface area contributed by atoms with Crippen molar-refractivity contribution < 1.29 is 0 Å². The van der Waals surface area contributed by atoms with Crippen LogP contribution in [0.2, 0.25) is 0 Å². The molecule has 0 saturated carbocycles. The number of fused-ring (bicyclic) bond motifs is 3. The fourth-order valence-electron chi connectivity index (χ4n) is 8.36. The molecule has 0 aliphatic rings. The molecule has 0 atom stereocenters. The zero-order valence-corrected chi connectivity index (χ0v) is 33.2. The molecule has 2 aromatic heterocycles. The molecule has 0 spiro atoms. The average Bonchev–Trinajstić information content (AvgIpc) is 3.69. The van der Waals surface area contributed by atoms with Crippen LogP contribution in [0.3, 0.4) is 0 Å². The summed E-state index contributed by atoms with van der Waals surface area (Å²) < 4.78 is 2.36. The molecule has 11 aromatic rings. The minimum absolute atomic E-state index is 0.645. The van der Waals surface area contributed by atoms with Crippen molar-refractivity contribution >= 4 is 21.8 Å². The number of hydrogen-bond acceptors (Lipinski definition) is 3. The SMILES string of the molecule is c1ccc(-c2nc(-c3ccccc3)nc(-c3ccc(-c4cccc(-c5ccc(-c6cccc(-c7ccc(-n8c9ccccc9c9ccccc98)cc7)c6)cc5)c4)cc3)n2)cc1. The first kappa shape index (κ1) is 35.9. The Balaban J connectivity index is 0.833. The van der Waals surface area contributed by atoms with Crippen molar-refractivity contribution in [2.75, 3.05) is 0 Å². The van der Waals surface area contributed by atoms with E-state index in [1.54, 1.807) is 0 Å². The summed E-state index contributed by atoms with van der Waals surface area (Å²) in [4.78, 5) is 14.7. The Kier molecular flexibility index (Phi) is 9.14. The summed E-state index contributed by atoms with van der Waals surface area (Å²) in [6.45, 7) is 0. The predicted octanol–water partition coefficient (Wildman–Crippen LogP) is 14.6. The van der Waals surface area contributed by atoms with Crippen molar-refractivity contribution in [2.24, 2.45) is 0 Å². The first-order chi connectivity index (χ1) is 30.2. The van der Waals surface area contributed by atoms with Crippen LogP contribution < -0.4 is 0 Å². The molecule has 9 aromatic carbocycles. The van der Waals surface area contributed by atoms with E-state index >= 15 is 0 Å². The van der Waals surface area contributed by atoms with Gasteiger partial charge in [0.1, 0.15) is 0 Å². The van der Waals surface area contributed by atoms with Gasteiger partial charge in [0.05, 0.1) is 11.0 Å². The number of nitrogens with zero attached hydrogens (tertiary/aromatic N) is 4. The lowest BCUT2D eigenvalue weighted by Gasteiger charge is -2.11. The molecule has 0 radical (unpaired) electrons. The lowest BCUT2D eigenvalue weighted by Crippen LogP contribution is -2.00. The van der Waals surface area contributed by atoms with E-state index in [1.165, 1.54) is 55.2 Å². The van der Waals surface area contributed by atoms with Crippen LogP contribution in [0.5, 0.6) is 0 Å². The fourth-order valence-corrected chi connectivity index (χ4v) is 8.36. The molecule has 0 saturated heterocycles. The molecule has 11 rings (SSSR count). The molecule has 0 amide bonds. The fraction of sp³-hybridized carbons (Fsp3) is 0. The molecular weight excluding hydrogens is 741 g/mol. The minimum atomic E-state index is 0.645. The Morgan fingerprint density at radius 3 is 0.918 bits per heavy atom. The van der Waals surface area contributed by atoms with Gasteiger partial charge in [0.15, 0.2) is 17.5 Å². The topological polar surface area (TPSA) is 43.6 Å². The number of benzene rings is 9. The van der Waals surface area contributed by atoms with Gasteiger partial charge in [-0.1, -0.05) is 194 Å². The number of rotatable bonds is 8. The van der Waals surface area contributed by atoms with Gasteiger partial charge in [-0.3, -0.25) is 0 Å². The van der Waals surface area contributed by atoms with Gasteiger partial charge < -0.3 is 4.57 Å². The standard InChI is InChI=1S/C57H38N4/c1-3-13-43(14-4-1)55-58-56(44-15-5-2-6-16-44)60-57(59-55)45-31-29-41(30-32-45)48-19-11-17-46(37-48)39-25-27-40(28-26-39)47-18-12-20-49(38-47)42-33-35-50(36-34-42)61-53-23-9-7-21-51(53)52-22-8-10-24-54(52)61/h1-38H. The highest BCUT2D eigenvalue weighted by atomic mass is 15.0.